The van der Waals surface area contributed by atoms with Crippen LogP contribution in [0, 0.1) is 0 Å². The molecule has 0 unspecified atom stereocenters. The molecule has 1 aliphatic heterocycles. The summed E-state index contributed by atoms with van der Waals surface area (Å²) in [5.41, 5.74) is -0.995. The Morgan fingerprint density at radius 1 is 0.900 bits per heavy atom. The molecular formula is C26H30O14. The second-order valence-electron chi connectivity index (χ2n) is 9.08. The van der Waals surface area contributed by atoms with Crippen molar-refractivity contribution in [1.29, 1.82) is 0 Å². The van der Waals surface area contributed by atoms with Crippen LogP contribution in [0.15, 0.2) is 27.4 Å². The topological polar surface area (TPSA) is 183 Å². The second-order valence-corrected chi connectivity index (χ2v) is 9.08. The van der Waals surface area contributed by atoms with Gasteiger partial charge in [-0.3, -0.25) is 19.2 Å². The van der Waals surface area contributed by atoms with Crippen LogP contribution in [0.3, 0.4) is 0 Å². The van der Waals surface area contributed by atoms with Crippen LogP contribution in [0.5, 0.6) is 17.2 Å². The van der Waals surface area contributed by atoms with E-state index in [9.17, 15) is 29.1 Å². The van der Waals surface area contributed by atoms with E-state index in [1.54, 1.807) is 13.8 Å². The minimum Gasteiger partial charge on any atom is -0.504 e. The van der Waals surface area contributed by atoms with Crippen LogP contribution in [0.4, 0.5) is 0 Å². The number of benzene rings is 1. The zero-order valence-electron chi connectivity index (χ0n) is 22.7. The van der Waals surface area contributed by atoms with Crippen molar-refractivity contribution in [3.63, 3.8) is 0 Å². The van der Waals surface area contributed by atoms with Crippen LogP contribution in [0.2, 0.25) is 0 Å². The van der Waals surface area contributed by atoms with Crippen LogP contribution >= 0.6 is 0 Å². The van der Waals surface area contributed by atoms with E-state index in [0.717, 1.165) is 27.7 Å². The molecule has 14 heteroatoms. The summed E-state index contributed by atoms with van der Waals surface area (Å²) >= 11 is 0. The lowest BCUT2D eigenvalue weighted by Gasteiger charge is -2.43. The molecule has 0 bridgehead atoms. The Morgan fingerprint density at radius 2 is 1.50 bits per heavy atom. The first-order chi connectivity index (χ1) is 18.8. The van der Waals surface area contributed by atoms with Crippen molar-refractivity contribution in [2.24, 2.45) is 0 Å². The lowest BCUT2D eigenvalue weighted by Crippen LogP contribution is -2.63. The van der Waals surface area contributed by atoms with E-state index in [2.05, 4.69) is 0 Å². The van der Waals surface area contributed by atoms with Crippen LogP contribution in [0.1, 0.15) is 41.5 Å². The average Bonchev–Trinajstić information content (AvgIpc) is 2.83. The van der Waals surface area contributed by atoms with Gasteiger partial charge in [0.2, 0.25) is 18.1 Å². The van der Waals surface area contributed by atoms with Gasteiger partial charge in [-0.05, 0) is 26.0 Å². The number of fused-ring (bicyclic) bond motifs is 1. The number of ether oxygens (including phenoxy) is 7. The quantitative estimate of drug-likeness (QED) is 0.263. The van der Waals surface area contributed by atoms with Crippen LogP contribution in [0.25, 0.3) is 11.0 Å². The van der Waals surface area contributed by atoms with Gasteiger partial charge in [0.25, 0.3) is 0 Å². The predicted molar refractivity (Wildman–Crippen MR) is 132 cm³/mol. The van der Waals surface area contributed by atoms with Crippen molar-refractivity contribution in [3.05, 3.63) is 28.6 Å². The highest BCUT2D eigenvalue weighted by atomic mass is 16.7. The number of esters is 4. The number of hydrogen-bond donors (Lipinski definition) is 1. The fourth-order valence-corrected chi connectivity index (χ4v) is 3.98. The molecule has 1 saturated heterocycles. The maximum Gasteiger partial charge on any atom is 0.383 e. The molecule has 0 aliphatic carbocycles. The Labute approximate surface area is 228 Å². The van der Waals surface area contributed by atoms with Crippen LogP contribution < -0.4 is 15.1 Å². The van der Waals surface area contributed by atoms with Gasteiger partial charge in [-0.1, -0.05) is 0 Å². The zero-order chi connectivity index (χ0) is 29.7. The smallest absolute Gasteiger partial charge is 0.383 e. The van der Waals surface area contributed by atoms with Crippen molar-refractivity contribution in [3.8, 4) is 17.2 Å². The molecule has 1 N–H and O–H groups in total. The van der Waals surface area contributed by atoms with Gasteiger partial charge >= 0.3 is 29.5 Å². The number of rotatable bonds is 9. The standard InChI is InChI=1S/C26H30O14/c1-11(2)34-22-20(31)17-8-7-16(9-18(17)39-25(22)32)38-26-24(37-15(6)30)23(36-14(5)29)21(35-13(4)28)19(40-26)10-33-12(3)27/h7-9,11,19,21,23-24,26,31H,10H2,1-6H3/t19-,21-,23+,24-,26-/m1/s1. The van der Waals surface area contributed by atoms with Gasteiger partial charge in [0, 0.05) is 33.8 Å². The maximum absolute atomic E-state index is 12.4. The fourth-order valence-electron chi connectivity index (χ4n) is 3.98. The van der Waals surface area contributed by atoms with Gasteiger partial charge < -0.3 is 42.7 Å². The number of carbonyl (C=O) groups is 4. The summed E-state index contributed by atoms with van der Waals surface area (Å²) < 4.78 is 43.5. The molecule has 5 atom stereocenters. The third-order valence-corrected chi connectivity index (χ3v) is 5.37. The molecule has 0 saturated carbocycles. The zero-order valence-corrected chi connectivity index (χ0v) is 22.7. The number of hydrogen-bond acceptors (Lipinski definition) is 14. The molecule has 0 radical (unpaired) electrons. The SMILES string of the molecule is CC(=O)OC[C@H]1O[C@@H](Oc2ccc3c(O)c(OC(C)C)c(=O)oc3c2)[C@H](OC(C)=O)[C@@H](OC(C)=O)[C@@H]1OC(C)=O. The molecule has 1 aliphatic rings. The molecule has 2 heterocycles. The van der Waals surface area contributed by atoms with Crippen LogP contribution in [-0.2, 0) is 42.9 Å². The summed E-state index contributed by atoms with van der Waals surface area (Å²) in [5, 5.41) is 10.7. The molecule has 3 rings (SSSR count). The Hall–Kier alpha value is -4.33. The molecule has 218 valence electrons. The van der Waals surface area contributed by atoms with Crippen molar-refractivity contribution in [2.45, 2.75) is 78.4 Å². The van der Waals surface area contributed by atoms with Gasteiger partial charge in [0.15, 0.2) is 18.0 Å². The third-order valence-electron chi connectivity index (χ3n) is 5.37. The Bertz CT molecular complexity index is 1330. The average molecular weight is 567 g/mol. The van der Waals surface area contributed by atoms with Gasteiger partial charge in [0.1, 0.15) is 24.0 Å². The minimum absolute atomic E-state index is 0.0217. The van der Waals surface area contributed by atoms with E-state index in [4.69, 9.17) is 37.6 Å². The summed E-state index contributed by atoms with van der Waals surface area (Å²) in [5.74, 6) is -3.80. The summed E-state index contributed by atoms with van der Waals surface area (Å²) in [6.45, 7) is 7.36. The highest BCUT2D eigenvalue weighted by Gasteiger charge is 2.53. The lowest BCUT2D eigenvalue weighted by molar-refractivity contribution is -0.288. The molecule has 1 fully saturated rings. The van der Waals surface area contributed by atoms with Gasteiger partial charge in [-0.2, -0.15) is 0 Å². The second kappa shape index (κ2) is 12.7. The third kappa shape index (κ3) is 7.40. The van der Waals surface area contributed by atoms with Gasteiger partial charge in [-0.15, -0.1) is 0 Å². The van der Waals surface area contributed by atoms with E-state index >= 15 is 0 Å². The van der Waals surface area contributed by atoms with Crippen molar-refractivity contribution in [1.82, 2.24) is 0 Å². The number of carbonyl (C=O) groups excluding carboxylic acids is 4. The van der Waals surface area contributed by atoms with Crippen molar-refractivity contribution >= 4 is 34.8 Å². The van der Waals surface area contributed by atoms with Gasteiger partial charge in [0.05, 0.1) is 11.5 Å². The first-order valence-electron chi connectivity index (χ1n) is 12.2. The summed E-state index contributed by atoms with van der Waals surface area (Å²) in [6, 6.07) is 4.06. The number of aromatic hydroxyl groups is 1. The van der Waals surface area contributed by atoms with E-state index < -0.39 is 78.7 Å². The first kappa shape index (κ1) is 30.2. The molecule has 1 aromatic carbocycles. The molecule has 14 nitrogen and oxygen atoms in total. The van der Waals surface area contributed by atoms with E-state index in [1.165, 1.54) is 18.2 Å². The van der Waals surface area contributed by atoms with E-state index in [0.29, 0.717) is 0 Å². The van der Waals surface area contributed by atoms with Crippen molar-refractivity contribution in [2.75, 3.05) is 6.61 Å². The lowest BCUT2D eigenvalue weighted by atomic mass is 9.98. The highest BCUT2D eigenvalue weighted by molar-refractivity contribution is 5.86. The Balaban J connectivity index is 2.03. The van der Waals surface area contributed by atoms with Crippen LogP contribution in [-0.4, -0.2) is 72.4 Å². The molecule has 40 heavy (non-hydrogen) atoms. The molecule has 0 spiro atoms. The maximum atomic E-state index is 12.4. The van der Waals surface area contributed by atoms with E-state index in [1.807, 2.05) is 0 Å². The van der Waals surface area contributed by atoms with E-state index in [-0.39, 0.29) is 22.5 Å². The van der Waals surface area contributed by atoms with Crippen molar-refractivity contribution < 1.29 is 61.9 Å². The first-order valence-corrected chi connectivity index (χ1v) is 12.2. The normalized spacial score (nSPS) is 22.3. The summed E-state index contributed by atoms with van der Waals surface area (Å²) in [7, 11) is 0. The summed E-state index contributed by atoms with van der Waals surface area (Å²) in [4.78, 5) is 59.7. The largest absolute Gasteiger partial charge is 0.504 e. The summed E-state index contributed by atoms with van der Waals surface area (Å²) in [6.07, 6.45) is -7.36. The Kier molecular flexibility index (Phi) is 9.58. The monoisotopic (exact) mass is 566 g/mol. The fraction of sp³-hybridized carbons (Fsp3) is 0.500. The predicted octanol–water partition coefficient (Wildman–Crippen LogP) is 1.75. The highest BCUT2D eigenvalue weighted by Crippen LogP contribution is 2.35. The Morgan fingerprint density at radius 3 is 2.08 bits per heavy atom. The van der Waals surface area contributed by atoms with Gasteiger partial charge in [-0.25, -0.2) is 4.79 Å². The molecule has 1 aromatic heterocycles. The minimum atomic E-state index is -1.50. The molecule has 2 aromatic rings. The molecule has 0 amide bonds. The molecular weight excluding hydrogens is 536 g/mol.